The molecule has 0 aromatic heterocycles. The largest absolute Gasteiger partial charge is 0.573 e. The minimum Gasteiger partial charge on any atom is -0.493 e. The van der Waals surface area contributed by atoms with E-state index < -0.39 is 12.1 Å². The first-order valence-corrected chi connectivity index (χ1v) is 4.47. The minimum atomic E-state index is -4.77. The van der Waals surface area contributed by atoms with E-state index >= 15 is 0 Å². The third kappa shape index (κ3) is 3.33. The molecule has 0 aliphatic rings. The summed E-state index contributed by atoms with van der Waals surface area (Å²) >= 11 is 0. The van der Waals surface area contributed by atoms with Gasteiger partial charge in [0.25, 0.3) is 0 Å². The molecule has 0 amide bonds. The van der Waals surface area contributed by atoms with E-state index in [1.165, 1.54) is 21.3 Å². The highest BCUT2D eigenvalue weighted by atomic mass is 19.4. The number of halogens is 3. The molecule has 0 N–H and O–H groups in total. The second kappa shape index (κ2) is 5.03. The Morgan fingerprint density at radius 1 is 0.882 bits per heavy atom. The van der Waals surface area contributed by atoms with E-state index in [2.05, 4.69) is 4.74 Å². The number of hydrogen-bond acceptors (Lipinski definition) is 4. The summed E-state index contributed by atoms with van der Waals surface area (Å²) in [6, 6.07) is 2.13. The van der Waals surface area contributed by atoms with Gasteiger partial charge >= 0.3 is 6.36 Å². The standard InChI is InChI=1S/C10H11F3O4/c1-14-7-4-6(17-10(11,12)13)5-8(15-2)9(7)16-3/h4-5H,1-3H3. The predicted molar refractivity (Wildman–Crippen MR) is 52.8 cm³/mol. The third-order valence-corrected chi connectivity index (χ3v) is 1.87. The highest BCUT2D eigenvalue weighted by molar-refractivity contribution is 5.55. The van der Waals surface area contributed by atoms with Crippen molar-refractivity contribution >= 4 is 0 Å². The lowest BCUT2D eigenvalue weighted by Crippen LogP contribution is -2.17. The molecule has 0 saturated heterocycles. The average Bonchev–Trinajstić information content (AvgIpc) is 2.25. The van der Waals surface area contributed by atoms with E-state index in [4.69, 9.17) is 14.2 Å². The van der Waals surface area contributed by atoms with Gasteiger partial charge in [0, 0.05) is 12.1 Å². The molecule has 17 heavy (non-hydrogen) atoms. The highest BCUT2D eigenvalue weighted by Crippen LogP contribution is 2.41. The summed E-state index contributed by atoms with van der Waals surface area (Å²) in [5.74, 6) is -0.0614. The number of methoxy groups -OCH3 is 3. The monoisotopic (exact) mass is 252 g/mol. The van der Waals surface area contributed by atoms with Crippen LogP contribution in [0.15, 0.2) is 12.1 Å². The molecule has 0 heterocycles. The zero-order chi connectivity index (χ0) is 13.1. The van der Waals surface area contributed by atoms with Crippen molar-refractivity contribution in [2.24, 2.45) is 0 Å². The normalized spacial score (nSPS) is 10.9. The molecule has 0 aliphatic carbocycles. The van der Waals surface area contributed by atoms with E-state index in [1.807, 2.05) is 0 Å². The summed E-state index contributed by atoms with van der Waals surface area (Å²) in [4.78, 5) is 0. The van der Waals surface area contributed by atoms with Gasteiger partial charge < -0.3 is 18.9 Å². The Hall–Kier alpha value is -1.79. The van der Waals surface area contributed by atoms with Crippen LogP contribution >= 0.6 is 0 Å². The molecular formula is C10H11F3O4. The highest BCUT2D eigenvalue weighted by Gasteiger charge is 2.32. The molecular weight excluding hydrogens is 241 g/mol. The van der Waals surface area contributed by atoms with E-state index in [0.29, 0.717) is 0 Å². The topological polar surface area (TPSA) is 36.9 Å². The lowest BCUT2D eigenvalue weighted by molar-refractivity contribution is -0.274. The van der Waals surface area contributed by atoms with Crippen LogP contribution in [-0.4, -0.2) is 27.7 Å². The molecule has 96 valence electrons. The summed E-state index contributed by atoms with van der Waals surface area (Å²) < 4.78 is 54.7. The van der Waals surface area contributed by atoms with Crippen molar-refractivity contribution in [3.05, 3.63) is 12.1 Å². The van der Waals surface area contributed by atoms with Crippen LogP contribution in [0.1, 0.15) is 0 Å². The number of benzene rings is 1. The Morgan fingerprint density at radius 2 is 1.35 bits per heavy atom. The quantitative estimate of drug-likeness (QED) is 0.825. The van der Waals surface area contributed by atoms with Crippen molar-refractivity contribution in [3.63, 3.8) is 0 Å². The van der Waals surface area contributed by atoms with Crippen LogP contribution in [0.5, 0.6) is 23.0 Å². The third-order valence-electron chi connectivity index (χ3n) is 1.87. The summed E-state index contributed by atoms with van der Waals surface area (Å²) in [7, 11) is 3.95. The van der Waals surface area contributed by atoms with E-state index in [-0.39, 0.29) is 17.2 Å². The molecule has 0 radical (unpaired) electrons. The van der Waals surface area contributed by atoms with Crippen molar-refractivity contribution in [1.29, 1.82) is 0 Å². The molecule has 7 heteroatoms. The smallest absolute Gasteiger partial charge is 0.493 e. The molecule has 0 fully saturated rings. The lowest BCUT2D eigenvalue weighted by atomic mass is 10.2. The molecule has 1 rings (SSSR count). The molecule has 0 aliphatic heterocycles. The van der Waals surface area contributed by atoms with Crippen molar-refractivity contribution in [2.75, 3.05) is 21.3 Å². The summed E-state index contributed by atoms with van der Waals surface area (Å²) in [5, 5.41) is 0. The Kier molecular flexibility index (Phi) is 3.93. The Balaban J connectivity index is 3.18. The maximum atomic E-state index is 12.1. The van der Waals surface area contributed by atoms with Gasteiger partial charge in [-0.2, -0.15) is 0 Å². The van der Waals surface area contributed by atoms with E-state index in [9.17, 15) is 13.2 Å². The van der Waals surface area contributed by atoms with Gasteiger partial charge in [-0.15, -0.1) is 13.2 Å². The fourth-order valence-electron chi connectivity index (χ4n) is 1.25. The van der Waals surface area contributed by atoms with Crippen LogP contribution in [0.4, 0.5) is 13.2 Å². The minimum absolute atomic E-state index is 0.0890. The van der Waals surface area contributed by atoms with Crippen LogP contribution in [-0.2, 0) is 0 Å². The number of alkyl halides is 3. The summed E-state index contributed by atoms with van der Waals surface area (Å²) in [5.41, 5.74) is 0. The maximum absolute atomic E-state index is 12.1. The molecule has 0 spiro atoms. The second-order valence-electron chi connectivity index (χ2n) is 2.91. The van der Waals surface area contributed by atoms with Gasteiger partial charge in [0.1, 0.15) is 5.75 Å². The van der Waals surface area contributed by atoms with E-state index in [0.717, 1.165) is 12.1 Å². The molecule has 4 nitrogen and oxygen atoms in total. The van der Waals surface area contributed by atoms with Gasteiger partial charge in [0.05, 0.1) is 21.3 Å². The van der Waals surface area contributed by atoms with Gasteiger partial charge in [0.15, 0.2) is 11.5 Å². The maximum Gasteiger partial charge on any atom is 0.573 e. The van der Waals surface area contributed by atoms with Gasteiger partial charge in [-0.3, -0.25) is 0 Å². The summed E-state index contributed by atoms with van der Waals surface area (Å²) in [6.45, 7) is 0. The van der Waals surface area contributed by atoms with Crippen molar-refractivity contribution in [3.8, 4) is 23.0 Å². The zero-order valence-corrected chi connectivity index (χ0v) is 9.42. The number of hydrogen-bond donors (Lipinski definition) is 0. The van der Waals surface area contributed by atoms with Gasteiger partial charge in [-0.25, -0.2) is 0 Å². The van der Waals surface area contributed by atoms with Gasteiger partial charge in [-0.05, 0) is 0 Å². The molecule has 0 unspecified atom stereocenters. The zero-order valence-electron chi connectivity index (χ0n) is 9.42. The molecule has 1 aromatic rings. The van der Waals surface area contributed by atoms with Crippen LogP contribution in [0, 0.1) is 0 Å². The fourth-order valence-corrected chi connectivity index (χ4v) is 1.25. The lowest BCUT2D eigenvalue weighted by Gasteiger charge is -2.15. The number of rotatable bonds is 4. The van der Waals surface area contributed by atoms with Gasteiger partial charge in [0.2, 0.25) is 5.75 Å². The first kappa shape index (κ1) is 13.3. The average molecular weight is 252 g/mol. The Bertz CT molecular complexity index is 365. The molecule has 0 bridgehead atoms. The van der Waals surface area contributed by atoms with Crippen LogP contribution < -0.4 is 18.9 Å². The fraction of sp³-hybridized carbons (Fsp3) is 0.400. The van der Waals surface area contributed by atoms with Crippen LogP contribution in [0.2, 0.25) is 0 Å². The van der Waals surface area contributed by atoms with Crippen molar-refractivity contribution in [1.82, 2.24) is 0 Å². The van der Waals surface area contributed by atoms with Gasteiger partial charge in [-0.1, -0.05) is 0 Å². The number of ether oxygens (including phenoxy) is 4. The molecule has 1 aromatic carbocycles. The molecule has 0 saturated carbocycles. The van der Waals surface area contributed by atoms with Crippen LogP contribution in [0.25, 0.3) is 0 Å². The SMILES string of the molecule is COc1cc(OC(F)(F)F)cc(OC)c1OC. The van der Waals surface area contributed by atoms with E-state index in [1.54, 1.807) is 0 Å². The second-order valence-corrected chi connectivity index (χ2v) is 2.91. The summed E-state index contributed by atoms with van der Waals surface area (Å²) in [6.07, 6.45) is -4.77. The Morgan fingerprint density at radius 3 is 1.65 bits per heavy atom. The van der Waals surface area contributed by atoms with Crippen molar-refractivity contribution < 1.29 is 32.1 Å². The van der Waals surface area contributed by atoms with Crippen LogP contribution in [0.3, 0.4) is 0 Å². The molecule has 0 atom stereocenters. The first-order valence-electron chi connectivity index (χ1n) is 4.47. The Labute approximate surface area is 95.8 Å². The van der Waals surface area contributed by atoms with Crippen molar-refractivity contribution in [2.45, 2.75) is 6.36 Å². The first-order chi connectivity index (χ1) is 7.91. The predicted octanol–water partition coefficient (Wildman–Crippen LogP) is 2.61.